The van der Waals surface area contributed by atoms with Gasteiger partial charge >= 0.3 is 103 Å². The number of carbonyl (C=O) groups is 1. The average molecular weight is 321 g/mol. The number of carboxylic acid groups (broad SMARTS) is 1. The predicted octanol–water partition coefficient (Wildman–Crippen LogP) is -6.61. The second kappa shape index (κ2) is 9.58. The molecule has 0 saturated carbocycles. The van der Waals surface area contributed by atoms with Crippen molar-refractivity contribution < 1.29 is 126 Å². The van der Waals surface area contributed by atoms with Gasteiger partial charge in [-0.25, -0.2) is 8.42 Å². The molecule has 0 aliphatic heterocycles. The Morgan fingerprint density at radius 1 is 1.33 bits per heavy atom. The van der Waals surface area contributed by atoms with Crippen LogP contribution in [0, 0.1) is 0 Å². The Hall–Kier alpha value is 1.67. The summed E-state index contributed by atoms with van der Waals surface area (Å²) in [6.07, 6.45) is 0. The number of benzene rings is 1. The molecule has 0 amide bonds. The van der Waals surface area contributed by atoms with Crippen molar-refractivity contribution in [3.05, 3.63) is 23.8 Å². The summed E-state index contributed by atoms with van der Waals surface area (Å²) in [5.41, 5.74) is -0.131. The summed E-state index contributed by atoms with van der Waals surface area (Å²) < 4.78 is 32.1. The van der Waals surface area contributed by atoms with Gasteiger partial charge < -0.3 is 19.8 Å². The van der Waals surface area contributed by atoms with Crippen molar-refractivity contribution in [2.75, 3.05) is 11.9 Å². The number of carbonyl (C=O) groups excluding carboxylic acids is 1. The Morgan fingerprint density at radius 3 is 2.28 bits per heavy atom. The molecule has 0 saturated heterocycles. The summed E-state index contributed by atoms with van der Waals surface area (Å²) in [6, 6.07) is 3.06. The third kappa shape index (κ3) is 6.42. The molecule has 0 aliphatic carbocycles. The summed E-state index contributed by atoms with van der Waals surface area (Å²) in [5, 5.41) is 13.4. The second-order valence-corrected chi connectivity index (χ2v) is 4.36. The van der Waals surface area contributed by atoms with Gasteiger partial charge in [0, 0.05) is 17.8 Å². The molecule has 1 N–H and O–H groups in total. The number of rotatable bonds is 4. The second-order valence-electron chi connectivity index (χ2n) is 2.98. The Kier molecular flexibility index (Phi) is 11.7. The minimum absolute atomic E-state index is 0. The van der Waals surface area contributed by atoms with Crippen molar-refractivity contribution in [1.29, 1.82) is 0 Å². The number of anilines is 1. The van der Waals surface area contributed by atoms with Crippen molar-refractivity contribution in [1.82, 2.24) is 0 Å². The zero-order chi connectivity index (χ0) is 12.3. The van der Waals surface area contributed by atoms with E-state index in [0.29, 0.717) is 6.54 Å². The monoisotopic (exact) mass is 321 g/mol. The van der Waals surface area contributed by atoms with Gasteiger partial charge in [-0.1, -0.05) is 0 Å². The van der Waals surface area contributed by atoms with Crippen molar-refractivity contribution >= 4 is 21.8 Å². The van der Waals surface area contributed by atoms with E-state index in [1.165, 1.54) is 6.07 Å². The van der Waals surface area contributed by atoms with Gasteiger partial charge in [0.05, 0.1) is 10.9 Å². The van der Waals surface area contributed by atoms with Crippen LogP contribution in [-0.2, 0) is 10.1 Å². The first-order valence-corrected chi connectivity index (χ1v) is 5.82. The van der Waals surface area contributed by atoms with E-state index in [4.69, 9.17) is 0 Å². The van der Waals surface area contributed by atoms with Crippen molar-refractivity contribution in [2.24, 2.45) is 0 Å². The van der Waals surface area contributed by atoms with Crippen LogP contribution in [0.3, 0.4) is 0 Å². The first-order valence-electron chi connectivity index (χ1n) is 4.41. The van der Waals surface area contributed by atoms with Crippen molar-refractivity contribution in [3.63, 3.8) is 0 Å². The molecule has 88 valence electrons. The van der Waals surface area contributed by atoms with Gasteiger partial charge in [-0.05, 0) is 25.1 Å². The number of carboxylic acids is 1. The van der Waals surface area contributed by atoms with Crippen LogP contribution in [0.4, 0.5) is 5.69 Å². The normalized spacial score (nSPS) is 9.89. The predicted molar refractivity (Wildman–Crippen MR) is 52.9 cm³/mol. The zero-order valence-electron chi connectivity index (χ0n) is 10.4. The summed E-state index contributed by atoms with van der Waals surface area (Å²) in [6.45, 7) is 2.21. The maximum absolute atomic E-state index is 10.7. The largest absolute Gasteiger partial charge is 1.00 e. The smallest absolute Gasteiger partial charge is 0.744 e. The van der Waals surface area contributed by atoms with E-state index in [2.05, 4.69) is 5.32 Å². The van der Waals surface area contributed by atoms with Crippen LogP contribution < -0.4 is 113 Å². The number of aromatic carboxylic acids is 1. The van der Waals surface area contributed by atoms with E-state index in [0.717, 1.165) is 12.1 Å². The third-order valence-electron chi connectivity index (χ3n) is 1.87. The fourth-order valence-electron chi connectivity index (χ4n) is 1.19. The molecule has 0 spiro atoms. The quantitative estimate of drug-likeness (QED) is 0.436. The molecule has 1 aromatic rings. The van der Waals surface area contributed by atoms with E-state index in [9.17, 15) is 22.9 Å². The molecule has 9 heteroatoms. The molecule has 0 aromatic heterocycles. The van der Waals surface area contributed by atoms with Gasteiger partial charge in [-0.15, -0.1) is 0 Å². The average Bonchev–Trinajstić information content (AvgIpc) is 2.16. The van der Waals surface area contributed by atoms with Gasteiger partial charge in [0.15, 0.2) is 0 Å². The van der Waals surface area contributed by atoms with E-state index >= 15 is 0 Å². The molecular formula is C9H9K2NO5S. The Labute approximate surface area is 191 Å². The van der Waals surface area contributed by atoms with Crippen LogP contribution >= 0.6 is 0 Å². The standard InChI is InChI=1S/C9H11NO5S.2K/c1-2-10-8-4-3-6(16(13,14)15)5-7(8)9(11)12;;/h3-5,10H,2H2,1H3,(H,11,12)(H,13,14,15);;/q;2*+1/p-2. The molecular weight excluding hydrogens is 312 g/mol. The van der Waals surface area contributed by atoms with E-state index < -0.39 is 21.0 Å². The first-order chi connectivity index (χ1) is 7.36. The minimum Gasteiger partial charge on any atom is -0.744 e. The maximum Gasteiger partial charge on any atom is 1.00 e. The van der Waals surface area contributed by atoms with Crippen molar-refractivity contribution in [2.45, 2.75) is 11.8 Å². The van der Waals surface area contributed by atoms with Crippen LogP contribution in [0.25, 0.3) is 0 Å². The molecule has 0 radical (unpaired) electrons. The summed E-state index contributed by atoms with van der Waals surface area (Å²) in [7, 11) is -4.66. The van der Waals surface area contributed by atoms with Gasteiger partial charge in [-0.2, -0.15) is 0 Å². The minimum atomic E-state index is -4.66. The Balaban J connectivity index is 0. The summed E-state index contributed by atoms with van der Waals surface area (Å²) >= 11 is 0. The Morgan fingerprint density at radius 2 is 1.89 bits per heavy atom. The van der Waals surface area contributed by atoms with E-state index in [1.807, 2.05) is 0 Å². The molecule has 0 unspecified atom stereocenters. The molecule has 0 fully saturated rings. The van der Waals surface area contributed by atoms with E-state index in [1.54, 1.807) is 6.92 Å². The molecule has 0 aliphatic rings. The van der Waals surface area contributed by atoms with E-state index in [-0.39, 0.29) is 114 Å². The third-order valence-corrected chi connectivity index (χ3v) is 2.70. The van der Waals surface area contributed by atoms with Crippen LogP contribution in [0.2, 0.25) is 0 Å². The van der Waals surface area contributed by atoms with Gasteiger partial charge in [0.1, 0.15) is 10.1 Å². The molecule has 0 heterocycles. The zero-order valence-corrected chi connectivity index (χ0v) is 17.5. The molecule has 18 heavy (non-hydrogen) atoms. The van der Waals surface area contributed by atoms with Crippen LogP contribution in [0.1, 0.15) is 17.3 Å². The summed E-state index contributed by atoms with van der Waals surface area (Å²) in [4.78, 5) is 10.1. The van der Waals surface area contributed by atoms with Gasteiger partial charge in [0.2, 0.25) is 0 Å². The van der Waals surface area contributed by atoms with Crippen LogP contribution in [-0.4, -0.2) is 25.5 Å². The first kappa shape index (κ1) is 22.0. The molecule has 0 bridgehead atoms. The number of hydrogen-bond acceptors (Lipinski definition) is 6. The molecule has 6 nitrogen and oxygen atoms in total. The fraction of sp³-hybridized carbons (Fsp3) is 0.222. The Bertz CT molecular complexity index is 518. The van der Waals surface area contributed by atoms with Crippen LogP contribution in [0.15, 0.2) is 23.1 Å². The topological polar surface area (TPSA) is 109 Å². The molecule has 1 rings (SSSR count). The molecule has 1 aromatic carbocycles. The van der Waals surface area contributed by atoms with Gasteiger partial charge in [0.25, 0.3) is 0 Å². The number of hydrogen-bond donors (Lipinski definition) is 1. The maximum atomic E-state index is 10.7. The molecule has 0 atom stereocenters. The van der Waals surface area contributed by atoms with Crippen molar-refractivity contribution in [3.8, 4) is 0 Å². The number of nitrogens with one attached hydrogen (secondary N) is 1. The van der Waals surface area contributed by atoms with Crippen LogP contribution in [0.5, 0.6) is 0 Å². The summed E-state index contributed by atoms with van der Waals surface area (Å²) in [5.74, 6) is -1.54. The fourth-order valence-corrected chi connectivity index (χ4v) is 1.69. The SMILES string of the molecule is CCNc1ccc(S(=O)(=O)[O-])cc1C(=O)[O-].[K+].[K+]. The van der Waals surface area contributed by atoms with Gasteiger partial charge in [-0.3, -0.25) is 0 Å².